The summed E-state index contributed by atoms with van der Waals surface area (Å²) in [6, 6.07) is 73.9. The lowest BCUT2D eigenvalue weighted by Crippen LogP contribution is -2.11. The van der Waals surface area contributed by atoms with E-state index in [0.29, 0.717) is 23.2 Å². The minimum absolute atomic E-state index is 0.519. The smallest absolute Gasteiger partial charge is 0.238 e. The van der Waals surface area contributed by atoms with E-state index in [9.17, 15) is 0 Å². The lowest BCUT2D eigenvalue weighted by atomic mass is 10.0. The molecule has 0 bridgehead atoms. The summed E-state index contributed by atoms with van der Waals surface area (Å²) in [5, 5.41) is 6.58. The molecule has 3 heterocycles. The van der Waals surface area contributed by atoms with E-state index in [2.05, 4.69) is 173 Å². The molecule has 0 N–H and O–H groups in total. The molecular formula is C55H35N5O. The summed E-state index contributed by atoms with van der Waals surface area (Å²) in [7, 11) is 0. The van der Waals surface area contributed by atoms with Crippen LogP contribution in [0.1, 0.15) is 0 Å². The number of rotatable bonds is 7. The highest BCUT2D eigenvalue weighted by atomic mass is 16.3. The number of anilines is 3. The quantitative estimate of drug-likeness (QED) is 0.161. The maximum absolute atomic E-state index is 6.93. The second-order valence-electron chi connectivity index (χ2n) is 15.2. The van der Waals surface area contributed by atoms with Gasteiger partial charge in [-0.15, -0.1) is 0 Å². The summed E-state index contributed by atoms with van der Waals surface area (Å²) in [4.78, 5) is 18.1. The third-order valence-corrected chi connectivity index (χ3v) is 11.6. The van der Waals surface area contributed by atoms with Crippen LogP contribution < -0.4 is 4.90 Å². The zero-order chi connectivity index (χ0) is 40.3. The van der Waals surface area contributed by atoms with E-state index < -0.39 is 0 Å². The number of hydrogen-bond acceptors (Lipinski definition) is 5. The second-order valence-corrected chi connectivity index (χ2v) is 15.2. The first-order chi connectivity index (χ1) is 30.2. The number of furan rings is 1. The average molecular weight is 782 g/mol. The van der Waals surface area contributed by atoms with Gasteiger partial charge in [0, 0.05) is 33.1 Å². The van der Waals surface area contributed by atoms with Gasteiger partial charge in [-0.3, -0.25) is 4.57 Å². The SMILES string of the molecule is c1ccc(-c2ccc(N(c3ccc4ccccc4c3)c3ccc(-c4nc(-c5ccccc5)nc(-n5c6ccccc6c6ccccc65)n4)c4oc5ccccc5c34)cc2)cc1. The van der Waals surface area contributed by atoms with E-state index in [1.165, 1.54) is 10.9 Å². The van der Waals surface area contributed by atoms with Crippen LogP contribution in [0, 0.1) is 0 Å². The first kappa shape index (κ1) is 34.7. The fourth-order valence-electron chi connectivity index (χ4n) is 8.79. The molecule has 0 aliphatic carbocycles. The second kappa shape index (κ2) is 14.2. The van der Waals surface area contributed by atoms with Gasteiger partial charge in [-0.2, -0.15) is 9.97 Å². The molecule has 6 heteroatoms. The molecule has 0 unspecified atom stereocenters. The summed E-state index contributed by atoms with van der Waals surface area (Å²) < 4.78 is 9.08. The Labute approximate surface area is 351 Å². The predicted octanol–water partition coefficient (Wildman–Crippen LogP) is 14.5. The Bertz CT molecular complexity index is 3540. The van der Waals surface area contributed by atoms with Gasteiger partial charge in [-0.1, -0.05) is 158 Å². The Morgan fingerprint density at radius 1 is 0.410 bits per heavy atom. The summed E-state index contributed by atoms with van der Waals surface area (Å²) in [5.74, 6) is 1.63. The van der Waals surface area contributed by atoms with Crippen LogP contribution in [0.25, 0.3) is 94.4 Å². The van der Waals surface area contributed by atoms with Gasteiger partial charge < -0.3 is 9.32 Å². The predicted molar refractivity (Wildman–Crippen MR) is 250 cm³/mol. The van der Waals surface area contributed by atoms with Gasteiger partial charge in [0.2, 0.25) is 5.95 Å². The van der Waals surface area contributed by atoms with E-state index >= 15 is 0 Å². The zero-order valence-corrected chi connectivity index (χ0v) is 32.9. The van der Waals surface area contributed by atoms with Gasteiger partial charge in [-0.05, 0) is 76.5 Å². The van der Waals surface area contributed by atoms with Crippen LogP contribution in [0.3, 0.4) is 0 Å². The van der Waals surface area contributed by atoms with Crippen molar-refractivity contribution in [3.63, 3.8) is 0 Å². The van der Waals surface area contributed by atoms with Crippen molar-refractivity contribution in [2.24, 2.45) is 0 Å². The maximum atomic E-state index is 6.93. The minimum Gasteiger partial charge on any atom is -0.455 e. The first-order valence-electron chi connectivity index (χ1n) is 20.4. The summed E-state index contributed by atoms with van der Waals surface area (Å²) in [6.45, 7) is 0. The molecule has 0 atom stereocenters. The molecular weight excluding hydrogens is 747 g/mol. The molecule has 12 aromatic rings. The fourth-order valence-corrected chi connectivity index (χ4v) is 8.79. The van der Waals surface area contributed by atoms with Crippen molar-refractivity contribution in [3.05, 3.63) is 212 Å². The Morgan fingerprint density at radius 3 is 1.72 bits per heavy atom. The van der Waals surface area contributed by atoms with E-state index in [-0.39, 0.29) is 0 Å². The van der Waals surface area contributed by atoms with Crippen molar-refractivity contribution in [3.8, 4) is 39.9 Å². The van der Waals surface area contributed by atoms with E-state index in [4.69, 9.17) is 19.4 Å². The molecule has 0 amide bonds. The number of aromatic nitrogens is 4. The standard InChI is InChI=1S/C55H35N5O/c1-3-15-36(16-4-1)38-27-30-41(31-28-38)59(42-32-29-37-17-7-8-20-40(37)35-42)49-34-33-46(52-51(49)45-23-11-14-26-50(45)61-52)54-56-53(39-18-5-2-6-19-39)57-55(58-54)60-47-24-12-9-21-43(47)44-22-10-13-25-48(44)60/h1-35H. The van der Waals surface area contributed by atoms with Crippen LogP contribution in [-0.4, -0.2) is 19.5 Å². The van der Waals surface area contributed by atoms with E-state index in [1.807, 2.05) is 48.5 Å². The number of fused-ring (bicyclic) bond motifs is 7. The van der Waals surface area contributed by atoms with Crippen LogP contribution in [0.2, 0.25) is 0 Å². The van der Waals surface area contributed by atoms with Crippen molar-refractivity contribution < 1.29 is 4.42 Å². The fraction of sp³-hybridized carbons (Fsp3) is 0. The summed E-state index contributed by atoms with van der Waals surface area (Å²) >= 11 is 0. The van der Waals surface area contributed by atoms with Crippen LogP contribution in [0.5, 0.6) is 0 Å². The molecule has 9 aromatic carbocycles. The molecule has 6 nitrogen and oxygen atoms in total. The van der Waals surface area contributed by atoms with Crippen LogP contribution >= 0.6 is 0 Å². The van der Waals surface area contributed by atoms with Crippen molar-refractivity contribution in [1.82, 2.24) is 19.5 Å². The van der Waals surface area contributed by atoms with Crippen LogP contribution in [0.4, 0.5) is 17.1 Å². The average Bonchev–Trinajstić information content (AvgIpc) is 3.89. The molecule has 12 rings (SSSR count). The largest absolute Gasteiger partial charge is 0.455 e. The Balaban J connectivity index is 1.11. The van der Waals surface area contributed by atoms with Crippen molar-refractivity contribution in [2.75, 3.05) is 4.90 Å². The highest BCUT2D eigenvalue weighted by Crippen LogP contribution is 2.46. The van der Waals surface area contributed by atoms with Crippen LogP contribution in [0.15, 0.2) is 217 Å². The number of nitrogens with zero attached hydrogens (tertiary/aromatic N) is 5. The van der Waals surface area contributed by atoms with Gasteiger partial charge in [0.05, 0.1) is 27.7 Å². The number of benzene rings is 9. The highest BCUT2D eigenvalue weighted by molar-refractivity contribution is 6.17. The van der Waals surface area contributed by atoms with Gasteiger partial charge in [0.1, 0.15) is 11.2 Å². The normalized spacial score (nSPS) is 11.6. The van der Waals surface area contributed by atoms with E-state index in [0.717, 1.165) is 77.3 Å². The zero-order valence-electron chi connectivity index (χ0n) is 32.9. The molecule has 3 aromatic heterocycles. The molecule has 0 saturated carbocycles. The molecule has 286 valence electrons. The molecule has 0 aliphatic rings. The topological polar surface area (TPSA) is 60.0 Å². The lowest BCUT2D eigenvalue weighted by Gasteiger charge is -2.27. The molecule has 61 heavy (non-hydrogen) atoms. The minimum atomic E-state index is 0.519. The monoisotopic (exact) mass is 781 g/mol. The third kappa shape index (κ3) is 5.84. The summed E-state index contributed by atoms with van der Waals surface area (Å²) in [5.41, 5.74) is 10.6. The molecule has 0 radical (unpaired) electrons. The molecule has 0 aliphatic heterocycles. The Hall–Kier alpha value is -8.35. The number of hydrogen-bond donors (Lipinski definition) is 0. The van der Waals surface area contributed by atoms with Gasteiger partial charge >= 0.3 is 0 Å². The van der Waals surface area contributed by atoms with E-state index in [1.54, 1.807) is 0 Å². The number of para-hydroxylation sites is 3. The Morgan fingerprint density at radius 2 is 0.984 bits per heavy atom. The maximum Gasteiger partial charge on any atom is 0.238 e. The highest BCUT2D eigenvalue weighted by Gasteiger charge is 2.25. The summed E-state index contributed by atoms with van der Waals surface area (Å²) in [6.07, 6.45) is 0. The lowest BCUT2D eigenvalue weighted by molar-refractivity contribution is 0.669. The first-order valence-corrected chi connectivity index (χ1v) is 20.4. The van der Waals surface area contributed by atoms with Crippen molar-refractivity contribution in [1.29, 1.82) is 0 Å². The van der Waals surface area contributed by atoms with Crippen molar-refractivity contribution in [2.45, 2.75) is 0 Å². The van der Waals surface area contributed by atoms with Gasteiger partial charge in [0.25, 0.3) is 0 Å². The molecule has 0 saturated heterocycles. The van der Waals surface area contributed by atoms with Crippen molar-refractivity contribution >= 4 is 71.6 Å². The van der Waals surface area contributed by atoms with Gasteiger partial charge in [-0.25, -0.2) is 4.98 Å². The molecule has 0 spiro atoms. The Kier molecular flexibility index (Phi) is 8.06. The third-order valence-electron chi connectivity index (χ3n) is 11.6. The van der Waals surface area contributed by atoms with Gasteiger partial charge in [0.15, 0.2) is 11.6 Å². The molecule has 0 fully saturated rings. The van der Waals surface area contributed by atoms with Crippen LogP contribution in [-0.2, 0) is 0 Å².